The minimum atomic E-state index is -0.711. The highest BCUT2D eigenvalue weighted by Gasteiger charge is 2.10. The van der Waals surface area contributed by atoms with Crippen LogP contribution in [0.5, 0.6) is 17.2 Å². The van der Waals surface area contributed by atoms with Crippen LogP contribution in [-0.2, 0) is 10.5 Å². The summed E-state index contributed by atoms with van der Waals surface area (Å²) in [6.45, 7) is 0. The summed E-state index contributed by atoms with van der Waals surface area (Å²) in [5, 5.41) is 0.566. The monoisotopic (exact) mass is 426 g/mol. The van der Waals surface area contributed by atoms with Crippen LogP contribution in [0.15, 0.2) is 69.4 Å². The van der Waals surface area contributed by atoms with Crippen LogP contribution in [0.2, 0.25) is 0 Å². The number of aromatic nitrogens is 2. The van der Waals surface area contributed by atoms with Crippen LogP contribution in [0.1, 0.15) is 11.3 Å². The Morgan fingerprint density at radius 3 is 2.57 bits per heavy atom. The van der Waals surface area contributed by atoms with Gasteiger partial charge in [0.1, 0.15) is 12.0 Å². The first-order valence-electron chi connectivity index (χ1n) is 8.72. The smallest absolute Gasteiger partial charge is 0.336 e. The average Bonchev–Trinajstić information content (AvgIpc) is 2.78. The zero-order valence-electron chi connectivity index (χ0n) is 16.2. The van der Waals surface area contributed by atoms with Gasteiger partial charge in [0, 0.05) is 24.5 Å². The second-order valence-electron chi connectivity index (χ2n) is 5.76. The summed E-state index contributed by atoms with van der Waals surface area (Å²) in [6, 6.07) is 8.17. The fourth-order valence-electron chi connectivity index (χ4n) is 2.35. The lowest BCUT2D eigenvalue weighted by molar-refractivity contribution is -0.129. The normalized spacial score (nSPS) is 10.7. The van der Waals surface area contributed by atoms with Crippen LogP contribution >= 0.6 is 11.8 Å². The van der Waals surface area contributed by atoms with Crippen molar-refractivity contribution >= 4 is 23.8 Å². The van der Waals surface area contributed by atoms with Crippen molar-refractivity contribution in [2.24, 2.45) is 0 Å². The van der Waals surface area contributed by atoms with E-state index in [1.54, 1.807) is 36.7 Å². The quantitative estimate of drug-likeness (QED) is 0.232. The predicted molar refractivity (Wildman–Crippen MR) is 111 cm³/mol. The van der Waals surface area contributed by atoms with E-state index in [0.717, 1.165) is 6.26 Å². The number of ether oxygens (including phenoxy) is 3. The Bertz CT molecular complexity index is 1100. The maximum atomic E-state index is 12.2. The Morgan fingerprint density at radius 2 is 1.87 bits per heavy atom. The van der Waals surface area contributed by atoms with Crippen LogP contribution in [0.3, 0.4) is 0 Å². The number of thioether (sulfide) groups is 1. The van der Waals surface area contributed by atoms with Gasteiger partial charge in [0.25, 0.3) is 0 Å². The van der Waals surface area contributed by atoms with Gasteiger partial charge in [-0.05, 0) is 29.8 Å². The zero-order chi connectivity index (χ0) is 21.3. The summed E-state index contributed by atoms with van der Waals surface area (Å²) >= 11 is 1.32. The van der Waals surface area contributed by atoms with Crippen molar-refractivity contribution in [3.63, 3.8) is 0 Å². The molecule has 3 rings (SSSR count). The number of hydrogen-bond acceptors (Lipinski definition) is 9. The molecular weight excluding hydrogens is 408 g/mol. The van der Waals surface area contributed by atoms with Gasteiger partial charge < -0.3 is 18.6 Å². The zero-order valence-corrected chi connectivity index (χ0v) is 17.0. The van der Waals surface area contributed by atoms with E-state index in [9.17, 15) is 9.59 Å². The second kappa shape index (κ2) is 10.3. The van der Waals surface area contributed by atoms with Gasteiger partial charge in [0.15, 0.2) is 16.7 Å². The van der Waals surface area contributed by atoms with Crippen LogP contribution in [0, 0.1) is 0 Å². The van der Waals surface area contributed by atoms with Crippen molar-refractivity contribution in [3.05, 3.63) is 76.6 Å². The third-order valence-corrected chi connectivity index (χ3v) is 4.67. The lowest BCUT2D eigenvalue weighted by atomic mass is 10.2. The third kappa shape index (κ3) is 5.71. The van der Waals surface area contributed by atoms with Crippen molar-refractivity contribution in [2.75, 3.05) is 14.2 Å². The number of methoxy groups -OCH3 is 2. The maximum absolute atomic E-state index is 12.2. The van der Waals surface area contributed by atoms with Crippen molar-refractivity contribution in [2.45, 2.75) is 10.9 Å². The lowest BCUT2D eigenvalue weighted by Crippen LogP contribution is -2.12. The van der Waals surface area contributed by atoms with Crippen LogP contribution in [-0.4, -0.2) is 30.2 Å². The molecule has 2 heterocycles. The second-order valence-corrected chi connectivity index (χ2v) is 6.71. The van der Waals surface area contributed by atoms with Gasteiger partial charge in [-0.1, -0.05) is 17.8 Å². The average molecular weight is 426 g/mol. The van der Waals surface area contributed by atoms with E-state index in [1.165, 1.54) is 44.2 Å². The Kier molecular flexibility index (Phi) is 7.23. The molecule has 0 saturated carbocycles. The molecule has 0 aliphatic carbocycles. The topological polar surface area (TPSA) is 101 Å². The molecule has 2 aromatic heterocycles. The molecule has 0 bridgehead atoms. The number of esters is 1. The molecule has 1 aromatic carbocycles. The highest BCUT2D eigenvalue weighted by atomic mass is 32.2. The van der Waals surface area contributed by atoms with Crippen LogP contribution in [0.4, 0.5) is 0 Å². The standard InChI is InChI=1S/C21H18N2O6S/c1-26-17-6-4-14(10-18(17)27-2)5-7-20(25)29-19-12-28-15(11-16(19)24)13-30-21-22-8-3-9-23-21/h3-12H,13H2,1-2H3. The molecule has 0 aliphatic rings. The molecule has 9 heteroatoms. The molecule has 0 amide bonds. The van der Waals surface area contributed by atoms with Gasteiger partial charge in [0.2, 0.25) is 11.2 Å². The van der Waals surface area contributed by atoms with Gasteiger partial charge in [-0.15, -0.1) is 0 Å². The molecule has 0 aliphatic heterocycles. The Balaban J connectivity index is 1.61. The summed E-state index contributed by atoms with van der Waals surface area (Å²) in [6.07, 6.45) is 7.12. The van der Waals surface area contributed by atoms with Gasteiger partial charge in [0.05, 0.1) is 20.0 Å². The molecule has 154 valence electrons. The highest BCUT2D eigenvalue weighted by molar-refractivity contribution is 7.98. The number of hydrogen-bond donors (Lipinski definition) is 0. The number of carbonyl (C=O) groups excluding carboxylic acids is 1. The number of benzene rings is 1. The number of carbonyl (C=O) groups is 1. The van der Waals surface area contributed by atoms with Crippen LogP contribution in [0.25, 0.3) is 6.08 Å². The summed E-state index contributed by atoms with van der Waals surface area (Å²) < 4.78 is 20.8. The number of rotatable bonds is 8. The maximum Gasteiger partial charge on any atom is 0.336 e. The minimum Gasteiger partial charge on any atom is -0.493 e. The van der Waals surface area contributed by atoms with Crippen molar-refractivity contribution in [1.29, 1.82) is 0 Å². The van der Waals surface area contributed by atoms with E-state index in [1.807, 2.05) is 0 Å². The minimum absolute atomic E-state index is 0.193. The van der Waals surface area contributed by atoms with Crippen molar-refractivity contribution in [3.8, 4) is 17.2 Å². The summed E-state index contributed by atoms with van der Waals surface area (Å²) in [5.41, 5.74) is 0.242. The van der Waals surface area contributed by atoms with E-state index >= 15 is 0 Å². The summed E-state index contributed by atoms with van der Waals surface area (Å²) in [5.74, 6) is 0.985. The largest absolute Gasteiger partial charge is 0.493 e. The molecule has 0 spiro atoms. The van der Waals surface area contributed by atoms with E-state index in [4.69, 9.17) is 18.6 Å². The SMILES string of the molecule is COc1ccc(C=CC(=O)Oc2coc(CSc3ncccn3)cc2=O)cc1OC. The molecule has 0 unspecified atom stereocenters. The van der Waals surface area contributed by atoms with Gasteiger partial charge in [-0.2, -0.15) is 0 Å². The van der Waals surface area contributed by atoms with E-state index in [0.29, 0.717) is 33.7 Å². The van der Waals surface area contributed by atoms with E-state index in [2.05, 4.69) is 9.97 Å². The lowest BCUT2D eigenvalue weighted by Gasteiger charge is -2.07. The Morgan fingerprint density at radius 1 is 1.10 bits per heavy atom. The first kappa shape index (κ1) is 21.1. The summed E-state index contributed by atoms with van der Waals surface area (Å²) in [4.78, 5) is 32.4. The van der Waals surface area contributed by atoms with Crippen LogP contribution < -0.4 is 19.6 Å². The van der Waals surface area contributed by atoms with Gasteiger partial charge in [-0.25, -0.2) is 14.8 Å². The Labute approximate surface area is 176 Å². The molecule has 0 atom stereocenters. The first-order chi connectivity index (χ1) is 14.6. The predicted octanol–water partition coefficient (Wildman–Crippen LogP) is 3.36. The molecule has 0 fully saturated rings. The first-order valence-corrected chi connectivity index (χ1v) is 9.71. The Hall–Kier alpha value is -3.59. The molecule has 0 N–H and O–H groups in total. The molecule has 8 nitrogen and oxygen atoms in total. The fourth-order valence-corrected chi connectivity index (χ4v) is 3.04. The molecule has 3 aromatic rings. The highest BCUT2D eigenvalue weighted by Crippen LogP contribution is 2.28. The summed E-state index contributed by atoms with van der Waals surface area (Å²) in [7, 11) is 3.06. The molecule has 30 heavy (non-hydrogen) atoms. The van der Waals surface area contributed by atoms with Crippen molar-refractivity contribution in [1.82, 2.24) is 9.97 Å². The van der Waals surface area contributed by atoms with E-state index < -0.39 is 11.4 Å². The fraction of sp³-hybridized carbons (Fsp3) is 0.143. The van der Waals surface area contributed by atoms with Gasteiger partial charge in [-0.3, -0.25) is 4.79 Å². The third-order valence-electron chi connectivity index (χ3n) is 3.77. The molecule has 0 radical (unpaired) electrons. The van der Waals surface area contributed by atoms with Gasteiger partial charge >= 0.3 is 5.97 Å². The van der Waals surface area contributed by atoms with E-state index in [-0.39, 0.29) is 5.75 Å². The molecular formula is C21H18N2O6S. The number of nitrogens with zero attached hydrogens (tertiary/aromatic N) is 2. The molecule has 0 saturated heterocycles. The van der Waals surface area contributed by atoms with Crippen molar-refractivity contribution < 1.29 is 23.4 Å².